The van der Waals surface area contributed by atoms with Crippen LogP contribution in [0.3, 0.4) is 0 Å². The smallest absolute Gasteiger partial charge is 0.330 e. The molecule has 1 aromatic carbocycles. The van der Waals surface area contributed by atoms with Gasteiger partial charge in [0.15, 0.2) is 11.8 Å². The molecule has 1 unspecified atom stereocenters. The zero-order chi connectivity index (χ0) is 23.3. The lowest BCUT2D eigenvalue weighted by Gasteiger charge is -2.27. The Morgan fingerprint density at radius 3 is 2.58 bits per heavy atom. The van der Waals surface area contributed by atoms with Crippen molar-refractivity contribution in [2.75, 3.05) is 17.2 Å². The Labute approximate surface area is 187 Å². The lowest BCUT2D eigenvalue weighted by molar-refractivity contribution is -0.124. The zero-order valence-corrected chi connectivity index (χ0v) is 19.5. The number of nitrogens with zero attached hydrogens (tertiary/aromatic N) is 2. The number of H-pyrrole nitrogens is 1. The van der Waals surface area contributed by atoms with Crippen LogP contribution in [0.1, 0.15) is 46.1 Å². The molecule has 3 N–H and O–H groups in total. The number of unbranched alkanes of at least 4 members (excludes halogenated alkanes) is 1. The molecule has 0 fully saturated rings. The fourth-order valence-corrected chi connectivity index (χ4v) is 3.36. The fraction of sp³-hybridized carbons (Fsp3) is 0.500. The number of amides is 1. The van der Waals surface area contributed by atoms with Crippen LogP contribution in [0, 0.1) is 12.8 Å². The van der Waals surface area contributed by atoms with E-state index in [1.165, 1.54) is 9.47 Å². The first kappa shape index (κ1) is 24.5. The van der Waals surface area contributed by atoms with Gasteiger partial charge in [-0.2, -0.15) is 0 Å². The van der Waals surface area contributed by atoms with Crippen molar-refractivity contribution in [3.05, 3.63) is 49.6 Å². The summed E-state index contributed by atoms with van der Waals surface area (Å²) in [7, 11) is 0. The maximum Gasteiger partial charge on any atom is 0.330 e. The van der Waals surface area contributed by atoms with E-state index < -0.39 is 23.3 Å². The number of rotatable bonds is 9. The number of nitrogen functional groups attached to an aromatic ring is 1. The van der Waals surface area contributed by atoms with Crippen molar-refractivity contribution in [2.24, 2.45) is 5.92 Å². The maximum absolute atomic E-state index is 13.3. The van der Waals surface area contributed by atoms with Gasteiger partial charge in [-0.25, -0.2) is 4.79 Å². The van der Waals surface area contributed by atoms with Crippen molar-refractivity contribution in [2.45, 2.75) is 60.1 Å². The molecule has 1 atom stereocenters. The predicted octanol–water partition coefficient (Wildman–Crippen LogP) is 3.34. The Kier molecular flexibility index (Phi) is 8.33. The van der Waals surface area contributed by atoms with E-state index in [4.69, 9.17) is 22.1 Å². The van der Waals surface area contributed by atoms with Crippen molar-refractivity contribution in [1.82, 2.24) is 9.55 Å². The van der Waals surface area contributed by atoms with Crippen LogP contribution in [0.5, 0.6) is 5.75 Å². The number of nitrogens with two attached hydrogens (primary N) is 1. The number of halogens is 1. The van der Waals surface area contributed by atoms with Crippen molar-refractivity contribution < 1.29 is 9.53 Å². The van der Waals surface area contributed by atoms with Crippen LogP contribution in [0.2, 0.25) is 5.02 Å². The third-order valence-corrected chi connectivity index (χ3v) is 5.08. The normalized spacial score (nSPS) is 12.1. The van der Waals surface area contributed by atoms with E-state index in [-0.39, 0.29) is 24.0 Å². The van der Waals surface area contributed by atoms with E-state index in [1.807, 2.05) is 33.8 Å². The number of aromatic amines is 1. The highest BCUT2D eigenvalue weighted by Gasteiger charge is 2.29. The third-order valence-electron chi connectivity index (χ3n) is 4.77. The number of carbonyl (C=O) groups excluding carboxylic acids is 1. The molecule has 0 aliphatic carbocycles. The second-order valence-corrected chi connectivity index (χ2v) is 8.44. The van der Waals surface area contributed by atoms with Crippen molar-refractivity contribution >= 4 is 29.0 Å². The van der Waals surface area contributed by atoms with Crippen molar-refractivity contribution in [3.8, 4) is 5.75 Å². The number of aromatic nitrogens is 2. The second-order valence-electron chi connectivity index (χ2n) is 8.03. The summed E-state index contributed by atoms with van der Waals surface area (Å²) in [4.78, 5) is 41.9. The molecule has 0 aliphatic rings. The molecular weight excluding hydrogens is 420 g/mol. The van der Waals surface area contributed by atoms with E-state index in [0.29, 0.717) is 23.7 Å². The molecule has 9 heteroatoms. The largest absolute Gasteiger partial charge is 0.479 e. The van der Waals surface area contributed by atoms with Gasteiger partial charge < -0.3 is 15.4 Å². The molecule has 0 radical (unpaired) electrons. The molecule has 170 valence electrons. The van der Waals surface area contributed by atoms with E-state index in [9.17, 15) is 14.4 Å². The molecule has 1 amide bonds. The molecule has 0 saturated carbocycles. The number of anilines is 2. The molecule has 0 bridgehead atoms. The molecule has 0 spiro atoms. The van der Waals surface area contributed by atoms with Gasteiger partial charge in [0, 0.05) is 13.1 Å². The van der Waals surface area contributed by atoms with E-state index in [2.05, 4.69) is 4.98 Å². The number of ether oxygens (including phenoxy) is 1. The summed E-state index contributed by atoms with van der Waals surface area (Å²) >= 11 is 6.20. The van der Waals surface area contributed by atoms with E-state index in [1.54, 1.807) is 19.1 Å². The number of nitrogens with one attached hydrogen (secondary N) is 1. The predicted molar refractivity (Wildman–Crippen MR) is 124 cm³/mol. The van der Waals surface area contributed by atoms with Gasteiger partial charge in [-0.15, -0.1) is 0 Å². The summed E-state index contributed by atoms with van der Waals surface area (Å²) in [5.74, 6) is 0.0135. The molecule has 2 rings (SSSR count). The second kappa shape index (κ2) is 10.5. The number of carbonyl (C=O) groups is 1. The summed E-state index contributed by atoms with van der Waals surface area (Å²) in [5.41, 5.74) is 5.82. The summed E-state index contributed by atoms with van der Waals surface area (Å²) in [6, 6.07) is 5.28. The molecule has 2 aromatic rings. The fourth-order valence-electron chi connectivity index (χ4n) is 3.19. The van der Waals surface area contributed by atoms with Crippen LogP contribution in [0.15, 0.2) is 27.8 Å². The quantitative estimate of drug-likeness (QED) is 0.608. The lowest BCUT2D eigenvalue weighted by Crippen LogP contribution is -2.46. The summed E-state index contributed by atoms with van der Waals surface area (Å²) in [6.45, 7) is 9.89. The van der Waals surface area contributed by atoms with Gasteiger partial charge in [0.25, 0.3) is 11.5 Å². The van der Waals surface area contributed by atoms with Crippen LogP contribution < -0.4 is 26.6 Å². The standard InChI is InChI=1S/C22H31ClN4O4/c1-6-7-10-26(18-19(24)27(12-13(2)3)22(30)25-20(18)28)21(29)15(5)31-17-11-14(4)8-9-16(17)23/h8-9,11,13,15H,6-7,10,12,24H2,1-5H3,(H,25,28,30). The van der Waals surface area contributed by atoms with Crippen LogP contribution in [-0.4, -0.2) is 28.1 Å². The topological polar surface area (TPSA) is 110 Å². The lowest BCUT2D eigenvalue weighted by atomic mass is 10.2. The molecule has 8 nitrogen and oxygen atoms in total. The van der Waals surface area contributed by atoms with Gasteiger partial charge in [0.1, 0.15) is 11.6 Å². The maximum atomic E-state index is 13.3. The number of hydrogen-bond donors (Lipinski definition) is 2. The third kappa shape index (κ3) is 5.91. The van der Waals surface area contributed by atoms with Gasteiger partial charge in [-0.3, -0.25) is 19.1 Å². The Bertz CT molecular complexity index is 1040. The first-order valence-corrected chi connectivity index (χ1v) is 10.8. The highest BCUT2D eigenvalue weighted by atomic mass is 35.5. The zero-order valence-electron chi connectivity index (χ0n) is 18.7. The highest BCUT2D eigenvalue weighted by Crippen LogP contribution is 2.27. The molecule has 1 heterocycles. The van der Waals surface area contributed by atoms with Crippen LogP contribution >= 0.6 is 11.6 Å². The van der Waals surface area contributed by atoms with Gasteiger partial charge >= 0.3 is 5.69 Å². The van der Waals surface area contributed by atoms with Gasteiger partial charge in [0.2, 0.25) is 0 Å². The SMILES string of the molecule is CCCCN(C(=O)C(C)Oc1cc(C)ccc1Cl)c1c(N)n(CC(C)C)c(=O)[nH]c1=O. The first-order chi connectivity index (χ1) is 14.6. The number of benzene rings is 1. The monoisotopic (exact) mass is 450 g/mol. The summed E-state index contributed by atoms with van der Waals surface area (Å²) in [5, 5.41) is 0.383. The van der Waals surface area contributed by atoms with Gasteiger partial charge in [-0.05, 0) is 43.9 Å². The Morgan fingerprint density at radius 2 is 1.97 bits per heavy atom. The Morgan fingerprint density at radius 1 is 1.29 bits per heavy atom. The minimum atomic E-state index is -0.930. The Hall–Kier alpha value is -2.74. The average Bonchev–Trinajstić information content (AvgIpc) is 2.69. The highest BCUT2D eigenvalue weighted by molar-refractivity contribution is 6.32. The number of aryl methyl sites for hydroxylation is 1. The summed E-state index contributed by atoms with van der Waals surface area (Å²) < 4.78 is 7.11. The minimum Gasteiger partial charge on any atom is -0.479 e. The van der Waals surface area contributed by atoms with Crippen LogP contribution in [-0.2, 0) is 11.3 Å². The van der Waals surface area contributed by atoms with Gasteiger partial charge in [0.05, 0.1) is 5.02 Å². The van der Waals surface area contributed by atoms with Crippen molar-refractivity contribution in [3.63, 3.8) is 0 Å². The van der Waals surface area contributed by atoms with Gasteiger partial charge in [-0.1, -0.05) is 44.9 Å². The summed E-state index contributed by atoms with van der Waals surface area (Å²) in [6.07, 6.45) is 0.512. The van der Waals surface area contributed by atoms with E-state index in [0.717, 1.165) is 12.0 Å². The van der Waals surface area contributed by atoms with E-state index >= 15 is 0 Å². The van der Waals surface area contributed by atoms with Crippen LogP contribution in [0.25, 0.3) is 0 Å². The average molecular weight is 451 g/mol. The molecular formula is C22H31ClN4O4. The number of hydrogen-bond acceptors (Lipinski definition) is 5. The molecule has 31 heavy (non-hydrogen) atoms. The molecule has 1 aromatic heterocycles. The minimum absolute atomic E-state index is 0.0345. The van der Waals surface area contributed by atoms with Crippen LogP contribution in [0.4, 0.5) is 11.5 Å². The first-order valence-electron chi connectivity index (χ1n) is 10.4. The van der Waals surface area contributed by atoms with Crippen molar-refractivity contribution in [1.29, 1.82) is 0 Å². The molecule has 0 aliphatic heterocycles. The molecule has 0 saturated heterocycles. The Balaban J connectivity index is 2.47.